The van der Waals surface area contributed by atoms with Crippen LogP contribution in [0.15, 0.2) is 0 Å². The molecule has 0 saturated heterocycles. The summed E-state index contributed by atoms with van der Waals surface area (Å²) < 4.78 is 12.3. The van der Waals surface area contributed by atoms with Crippen LogP contribution in [0, 0.1) is 0 Å². The molecule has 1 unspecified atom stereocenters. The van der Waals surface area contributed by atoms with E-state index in [1.54, 1.807) is 0 Å². The zero-order valence-corrected chi connectivity index (χ0v) is 26.5. The second kappa shape index (κ2) is 26.3. The van der Waals surface area contributed by atoms with Crippen LogP contribution in [-0.4, -0.2) is 27.0 Å². The fourth-order valence-electron chi connectivity index (χ4n) is 4.91. The number of unbranched alkanes of at least 4 members (excludes halogenated alkanes) is 17. The van der Waals surface area contributed by atoms with Gasteiger partial charge in [0.15, 0.2) is 8.32 Å². The molecule has 1 atom stereocenters. The van der Waals surface area contributed by atoms with E-state index in [0.29, 0.717) is 6.42 Å². The summed E-state index contributed by atoms with van der Waals surface area (Å²) in [6.07, 6.45) is 28.4. The molecule has 0 N–H and O–H groups in total. The molecule has 0 radical (unpaired) electrons. The van der Waals surface area contributed by atoms with E-state index in [2.05, 4.69) is 33.9 Å². The number of hydrogen-bond acceptors (Lipinski definition) is 3. The number of carbonyl (C=O) groups is 1. The monoisotopic (exact) mass is 526 g/mol. The highest BCUT2D eigenvalue weighted by molar-refractivity contribution is 6.71. The molecule has 0 aliphatic rings. The number of ether oxygens (including phenoxy) is 1. The van der Waals surface area contributed by atoms with Gasteiger partial charge < -0.3 is 9.16 Å². The van der Waals surface area contributed by atoms with Crippen LogP contribution in [0.1, 0.15) is 168 Å². The first-order valence-corrected chi connectivity index (χ1v) is 19.4. The molecule has 0 bridgehead atoms. The molecule has 0 aromatic carbocycles. The van der Waals surface area contributed by atoms with Crippen molar-refractivity contribution in [2.45, 2.75) is 194 Å². The Labute approximate surface area is 228 Å². The average molecular weight is 527 g/mol. The van der Waals surface area contributed by atoms with Gasteiger partial charge in [-0.1, -0.05) is 136 Å². The lowest BCUT2D eigenvalue weighted by Gasteiger charge is -2.25. The maximum Gasteiger partial charge on any atom is 0.306 e. The van der Waals surface area contributed by atoms with Crippen molar-refractivity contribution in [1.29, 1.82) is 0 Å². The predicted molar refractivity (Wildman–Crippen MR) is 161 cm³/mol. The number of hydrogen-bond donors (Lipinski definition) is 0. The lowest BCUT2D eigenvalue weighted by atomic mass is 10.0. The third-order valence-corrected chi connectivity index (χ3v) is 10.0. The maximum atomic E-state index is 12.6. The Hall–Kier alpha value is -0.353. The van der Waals surface area contributed by atoms with Crippen LogP contribution < -0.4 is 0 Å². The number of rotatable bonds is 28. The van der Waals surface area contributed by atoms with Gasteiger partial charge >= 0.3 is 5.97 Å². The average Bonchev–Trinajstić information content (AvgIpc) is 2.85. The third-order valence-electron chi connectivity index (χ3n) is 7.48. The first-order chi connectivity index (χ1) is 17.4. The molecule has 0 aromatic rings. The molecule has 36 heavy (non-hydrogen) atoms. The van der Waals surface area contributed by atoms with Crippen molar-refractivity contribution in [3.63, 3.8) is 0 Å². The topological polar surface area (TPSA) is 35.5 Å². The van der Waals surface area contributed by atoms with Crippen molar-refractivity contribution in [3.8, 4) is 0 Å². The van der Waals surface area contributed by atoms with E-state index < -0.39 is 8.32 Å². The van der Waals surface area contributed by atoms with E-state index in [4.69, 9.17) is 9.16 Å². The van der Waals surface area contributed by atoms with Crippen LogP contribution in [0.2, 0.25) is 19.1 Å². The molecule has 0 spiro atoms. The largest absolute Gasteiger partial charge is 0.462 e. The molecule has 0 aliphatic carbocycles. The van der Waals surface area contributed by atoms with Gasteiger partial charge in [0.25, 0.3) is 0 Å². The minimum atomic E-state index is -1.58. The molecule has 3 nitrogen and oxygen atoms in total. The molecule has 0 aliphatic heterocycles. The lowest BCUT2D eigenvalue weighted by molar-refractivity contribution is -0.150. The van der Waals surface area contributed by atoms with E-state index in [9.17, 15) is 4.79 Å². The fraction of sp³-hybridized carbons (Fsp3) is 0.969. The van der Waals surface area contributed by atoms with E-state index in [-0.39, 0.29) is 12.1 Å². The molecular formula is C32H66O3Si. The van der Waals surface area contributed by atoms with E-state index in [0.717, 1.165) is 32.3 Å². The Morgan fingerprint density at radius 3 is 1.53 bits per heavy atom. The minimum Gasteiger partial charge on any atom is -0.462 e. The standard InChI is InChI=1S/C32H66O3Si/c1-6-9-12-14-16-18-20-22-24-26-31(28-29-34-36(4,5)30-11-8-3)35-32(33)27-25-23-21-19-17-15-13-10-7-2/h31H,6-30H2,1-5H3. The second-order valence-corrected chi connectivity index (χ2v) is 16.1. The van der Waals surface area contributed by atoms with Crippen LogP contribution in [0.25, 0.3) is 0 Å². The van der Waals surface area contributed by atoms with E-state index >= 15 is 0 Å². The summed E-state index contributed by atoms with van der Waals surface area (Å²) in [7, 11) is -1.58. The fourth-order valence-corrected chi connectivity index (χ4v) is 6.93. The number of carbonyl (C=O) groups excluding carboxylic acids is 1. The van der Waals surface area contributed by atoms with Crippen molar-refractivity contribution in [2.24, 2.45) is 0 Å². The maximum absolute atomic E-state index is 12.6. The second-order valence-electron chi connectivity index (χ2n) is 11.8. The predicted octanol–water partition coefficient (Wildman–Crippen LogP) is 11.2. The van der Waals surface area contributed by atoms with Gasteiger partial charge in [0.1, 0.15) is 6.10 Å². The van der Waals surface area contributed by atoms with Gasteiger partial charge in [-0.3, -0.25) is 4.79 Å². The molecule has 0 rings (SSSR count). The Morgan fingerprint density at radius 2 is 1.03 bits per heavy atom. The summed E-state index contributed by atoms with van der Waals surface area (Å²) in [5, 5.41) is 0. The summed E-state index contributed by atoms with van der Waals surface area (Å²) in [5.41, 5.74) is 0. The van der Waals surface area contributed by atoms with Crippen LogP contribution >= 0.6 is 0 Å². The molecule has 0 aromatic heterocycles. The van der Waals surface area contributed by atoms with E-state index in [1.165, 1.54) is 122 Å². The molecule has 0 amide bonds. The van der Waals surface area contributed by atoms with Gasteiger partial charge in [-0.15, -0.1) is 0 Å². The number of esters is 1. The van der Waals surface area contributed by atoms with Crippen molar-refractivity contribution < 1.29 is 14.0 Å². The molecule has 0 heterocycles. The highest BCUT2D eigenvalue weighted by atomic mass is 28.4. The highest BCUT2D eigenvalue weighted by Gasteiger charge is 2.22. The minimum absolute atomic E-state index is 0.0151. The zero-order valence-electron chi connectivity index (χ0n) is 25.5. The first kappa shape index (κ1) is 35.6. The van der Waals surface area contributed by atoms with Crippen LogP contribution in [0.5, 0.6) is 0 Å². The van der Waals surface area contributed by atoms with Crippen LogP contribution in [0.4, 0.5) is 0 Å². The Balaban J connectivity index is 4.21. The van der Waals surface area contributed by atoms with Crippen molar-refractivity contribution >= 4 is 14.3 Å². The lowest BCUT2D eigenvalue weighted by Crippen LogP contribution is -2.32. The summed E-state index contributed by atoms with van der Waals surface area (Å²) in [6.45, 7) is 12.2. The summed E-state index contributed by atoms with van der Waals surface area (Å²) in [5.74, 6) is 0.0151. The quantitative estimate of drug-likeness (QED) is 0.0577. The first-order valence-electron chi connectivity index (χ1n) is 16.3. The molecule has 0 fully saturated rings. The normalized spacial score (nSPS) is 12.7. The van der Waals surface area contributed by atoms with Crippen molar-refractivity contribution in [1.82, 2.24) is 0 Å². The van der Waals surface area contributed by atoms with E-state index in [1.807, 2.05) is 0 Å². The third kappa shape index (κ3) is 25.3. The zero-order chi connectivity index (χ0) is 26.7. The highest BCUT2D eigenvalue weighted by Crippen LogP contribution is 2.19. The van der Waals surface area contributed by atoms with Gasteiger partial charge in [0.2, 0.25) is 0 Å². The molecule has 0 saturated carbocycles. The van der Waals surface area contributed by atoms with Gasteiger partial charge in [0, 0.05) is 19.4 Å². The van der Waals surface area contributed by atoms with Gasteiger partial charge in [-0.05, 0) is 38.4 Å². The summed E-state index contributed by atoms with van der Waals surface area (Å²) >= 11 is 0. The van der Waals surface area contributed by atoms with Crippen LogP contribution in [-0.2, 0) is 14.0 Å². The van der Waals surface area contributed by atoms with Gasteiger partial charge in [-0.25, -0.2) is 0 Å². The molecule has 216 valence electrons. The molecule has 4 heteroatoms. The Morgan fingerprint density at radius 1 is 0.583 bits per heavy atom. The smallest absolute Gasteiger partial charge is 0.306 e. The Bertz CT molecular complexity index is 466. The van der Waals surface area contributed by atoms with Crippen molar-refractivity contribution in [3.05, 3.63) is 0 Å². The molecular weight excluding hydrogens is 460 g/mol. The Kier molecular flexibility index (Phi) is 26.0. The summed E-state index contributed by atoms with van der Waals surface area (Å²) in [6, 6.07) is 1.23. The summed E-state index contributed by atoms with van der Waals surface area (Å²) in [4.78, 5) is 12.6. The van der Waals surface area contributed by atoms with Gasteiger partial charge in [0.05, 0.1) is 0 Å². The SMILES string of the molecule is CCCCCCCCCCCC(=O)OC(CCCCCCCCCCC)CCO[Si](C)(C)CCCC. The van der Waals surface area contributed by atoms with Gasteiger partial charge in [-0.2, -0.15) is 0 Å². The van der Waals surface area contributed by atoms with Crippen molar-refractivity contribution in [2.75, 3.05) is 6.61 Å². The van der Waals surface area contributed by atoms with Crippen LogP contribution in [0.3, 0.4) is 0 Å².